The molecule has 7 nitrogen and oxygen atoms in total. The van der Waals surface area contributed by atoms with Crippen LogP contribution in [0.3, 0.4) is 0 Å². The lowest BCUT2D eigenvalue weighted by molar-refractivity contribution is -0.123. The molecule has 2 N–H and O–H groups in total. The van der Waals surface area contributed by atoms with Gasteiger partial charge in [0.05, 0.1) is 32.4 Å². The van der Waals surface area contributed by atoms with Crippen LogP contribution in [0.15, 0.2) is 70.2 Å². The highest BCUT2D eigenvalue weighted by Crippen LogP contribution is 2.27. The van der Waals surface area contributed by atoms with Crippen molar-refractivity contribution in [2.45, 2.75) is 26.5 Å². The first kappa shape index (κ1) is 28.2. The lowest BCUT2D eigenvalue weighted by atomic mass is 10.0. The molecule has 0 saturated carbocycles. The third-order valence-electron chi connectivity index (χ3n) is 5.28. The molecular weight excluding hydrogens is 579 g/mol. The molecule has 0 fully saturated rings. The van der Waals surface area contributed by atoms with Crippen molar-refractivity contribution in [3.05, 3.63) is 97.4 Å². The first-order valence-electron chi connectivity index (χ1n) is 11.2. The number of hydrogen-bond acceptors (Lipinski definition) is 5. The number of halogens is 3. The molecule has 0 bridgehead atoms. The van der Waals surface area contributed by atoms with Gasteiger partial charge in [0, 0.05) is 11.1 Å². The minimum absolute atomic E-state index is 0.196. The van der Waals surface area contributed by atoms with Gasteiger partial charge in [0.25, 0.3) is 11.8 Å². The molecule has 0 aliphatic rings. The number of rotatable bonds is 9. The fourth-order valence-corrected chi connectivity index (χ4v) is 4.07. The van der Waals surface area contributed by atoms with Crippen LogP contribution in [0.25, 0.3) is 0 Å². The van der Waals surface area contributed by atoms with Crippen molar-refractivity contribution >= 4 is 57.2 Å². The molecular formula is C27H23BrCl2N4O3. The average molecular weight is 602 g/mol. The molecule has 3 aromatic rings. The highest BCUT2D eigenvalue weighted by atomic mass is 79.9. The summed E-state index contributed by atoms with van der Waals surface area (Å²) >= 11 is 15.4. The number of hydrazone groups is 1. The molecule has 3 aromatic carbocycles. The summed E-state index contributed by atoms with van der Waals surface area (Å²) in [5.41, 5.74) is 4.82. The van der Waals surface area contributed by atoms with Crippen LogP contribution >= 0.6 is 39.1 Å². The zero-order chi connectivity index (χ0) is 26.9. The predicted molar refractivity (Wildman–Crippen MR) is 148 cm³/mol. The Kier molecular flexibility index (Phi) is 10.1. The Balaban J connectivity index is 1.60. The molecule has 10 heteroatoms. The maximum absolute atomic E-state index is 12.7. The van der Waals surface area contributed by atoms with Crippen LogP contribution in [-0.2, 0) is 11.4 Å². The smallest absolute Gasteiger partial charge is 0.262 e. The summed E-state index contributed by atoms with van der Waals surface area (Å²) in [4.78, 5) is 25.3. The number of nitrogens with zero attached hydrogens (tertiary/aromatic N) is 2. The maximum atomic E-state index is 12.7. The summed E-state index contributed by atoms with van der Waals surface area (Å²) in [5, 5.41) is 16.5. The molecule has 0 saturated heterocycles. The minimum atomic E-state index is -0.821. The maximum Gasteiger partial charge on any atom is 0.262 e. The van der Waals surface area contributed by atoms with Gasteiger partial charge in [-0.2, -0.15) is 10.4 Å². The van der Waals surface area contributed by atoms with E-state index in [0.29, 0.717) is 31.9 Å². The molecule has 0 aromatic heterocycles. The van der Waals surface area contributed by atoms with Gasteiger partial charge in [-0.15, -0.1) is 0 Å². The minimum Gasteiger partial charge on any atom is -0.488 e. The van der Waals surface area contributed by atoms with Crippen molar-refractivity contribution in [2.24, 2.45) is 11.0 Å². The number of carbonyl (C=O) groups excluding carboxylic acids is 2. The van der Waals surface area contributed by atoms with E-state index < -0.39 is 17.9 Å². The van der Waals surface area contributed by atoms with Crippen LogP contribution in [-0.4, -0.2) is 24.1 Å². The largest absolute Gasteiger partial charge is 0.488 e. The Morgan fingerprint density at radius 2 is 1.86 bits per heavy atom. The van der Waals surface area contributed by atoms with Crippen LogP contribution in [0.1, 0.15) is 40.9 Å². The van der Waals surface area contributed by atoms with Crippen molar-refractivity contribution in [1.82, 2.24) is 10.7 Å². The lowest BCUT2D eigenvalue weighted by Gasteiger charge is -2.20. The SMILES string of the molecule is CC(C)C(NC(=O)c1ccc(Cl)c(Cl)c1)C(=O)NN=Cc1ccc(OCc2ccccc2C#N)c(Br)c1. The summed E-state index contributed by atoms with van der Waals surface area (Å²) in [6.07, 6.45) is 1.48. The van der Waals surface area contributed by atoms with Crippen molar-refractivity contribution < 1.29 is 14.3 Å². The van der Waals surface area contributed by atoms with Crippen molar-refractivity contribution in [3.63, 3.8) is 0 Å². The third kappa shape index (κ3) is 7.80. The van der Waals surface area contributed by atoms with E-state index in [1.807, 2.05) is 26.0 Å². The molecule has 0 aliphatic heterocycles. The fraction of sp³-hybridized carbons (Fsp3) is 0.185. The number of hydrogen-bond donors (Lipinski definition) is 2. The highest BCUT2D eigenvalue weighted by molar-refractivity contribution is 9.10. The molecule has 0 radical (unpaired) electrons. The van der Waals surface area contributed by atoms with Gasteiger partial charge in [-0.3, -0.25) is 9.59 Å². The van der Waals surface area contributed by atoms with E-state index in [0.717, 1.165) is 5.56 Å². The summed E-state index contributed by atoms with van der Waals surface area (Å²) in [6, 6.07) is 18.4. The van der Waals surface area contributed by atoms with Gasteiger partial charge >= 0.3 is 0 Å². The van der Waals surface area contributed by atoms with E-state index in [2.05, 4.69) is 37.8 Å². The Morgan fingerprint density at radius 1 is 1.11 bits per heavy atom. The number of nitriles is 1. The van der Waals surface area contributed by atoms with Crippen LogP contribution in [0.2, 0.25) is 10.0 Å². The Morgan fingerprint density at radius 3 is 2.54 bits per heavy atom. The molecule has 190 valence electrons. The van der Waals surface area contributed by atoms with Gasteiger partial charge in [0.15, 0.2) is 0 Å². The molecule has 3 rings (SSSR count). The van der Waals surface area contributed by atoms with Crippen LogP contribution in [0, 0.1) is 17.2 Å². The van der Waals surface area contributed by atoms with Gasteiger partial charge < -0.3 is 10.1 Å². The average Bonchev–Trinajstić information content (AvgIpc) is 2.88. The molecule has 1 unspecified atom stereocenters. The number of benzene rings is 3. The summed E-state index contributed by atoms with van der Waals surface area (Å²) in [7, 11) is 0. The Labute approximate surface area is 233 Å². The van der Waals surface area contributed by atoms with Gasteiger partial charge in [0.2, 0.25) is 0 Å². The molecule has 2 amide bonds. The molecule has 0 aliphatic carbocycles. The summed E-state index contributed by atoms with van der Waals surface area (Å²) < 4.78 is 6.53. The summed E-state index contributed by atoms with van der Waals surface area (Å²) in [6.45, 7) is 3.87. The van der Waals surface area contributed by atoms with E-state index in [1.165, 1.54) is 24.4 Å². The second kappa shape index (κ2) is 13.2. The van der Waals surface area contributed by atoms with Crippen molar-refractivity contribution in [2.75, 3.05) is 0 Å². The third-order valence-corrected chi connectivity index (χ3v) is 6.64. The zero-order valence-corrected chi connectivity index (χ0v) is 23.1. The summed E-state index contributed by atoms with van der Waals surface area (Å²) in [5.74, 6) is -0.513. The van der Waals surface area contributed by atoms with Gasteiger partial charge in [-0.25, -0.2) is 5.43 Å². The monoisotopic (exact) mass is 600 g/mol. The van der Waals surface area contributed by atoms with Gasteiger partial charge in [-0.1, -0.05) is 55.2 Å². The topological polar surface area (TPSA) is 104 Å². The second-order valence-corrected chi connectivity index (χ2v) is 9.97. The van der Waals surface area contributed by atoms with E-state index >= 15 is 0 Å². The quantitative estimate of drug-likeness (QED) is 0.228. The lowest BCUT2D eigenvalue weighted by Crippen LogP contribution is -2.48. The number of amides is 2. The zero-order valence-electron chi connectivity index (χ0n) is 20.0. The van der Waals surface area contributed by atoms with Crippen molar-refractivity contribution in [1.29, 1.82) is 5.26 Å². The van der Waals surface area contributed by atoms with Gasteiger partial charge in [-0.05, 0) is 69.9 Å². The van der Waals surface area contributed by atoms with Crippen LogP contribution in [0.5, 0.6) is 5.75 Å². The Bertz CT molecular complexity index is 1370. The Hall–Kier alpha value is -3.38. The van der Waals surface area contributed by atoms with Gasteiger partial charge in [0.1, 0.15) is 18.4 Å². The first-order chi connectivity index (χ1) is 17.7. The van der Waals surface area contributed by atoms with E-state index in [1.54, 1.807) is 30.3 Å². The van der Waals surface area contributed by atoms with Crippen LogP contribution in [0.4, 0.5) is 0 Å². The normalized spacial score (nSPS) is 11.7. The number of ether oxygens (including phenoxy) is 1. The molecule has 37 heavy (non-hydrogen) atoms. The molecule has 0 heterocycles. The van der Waals surface area contributed by atoms with E-state index in [-0.39, 0.29) is 17.5 Å². The van der Waals surface area contributed by atoms with Crippen molar-refractivity contribution in [3.8, 4) is 11.8 Å². The number of carbonyl (C=O) groups is 2. The standard InChI is InChI=1S/C27H23BrCl2N4O3/c1-16(2)25(33-26(35)18-8-9-22(29)23(30)12-18)27(36)34-32-14-17-7-10-24(21(28)11-17)37-15-20-6-4-3-5-19(20)13-31/h3-12,14,16,25H,15H2,1-2H3,(H,33,35)(H,34,36). The van der Waals surface area contributed by atoms with E-state index in [9.17, 15) is 14.9 Å². The molecule has 1 atom stereocenters. The first-order valence-corrected chi connectivity index (χ1v) is 12.7. The predicted octanol–water partition coefficient (Wildman–Crippen LogP) is 6.11. The highest BCUT2D eigenvalue weighted by Gasteiger charge is 2.24. The van der Waals surface area contributed by atoms with E-state index in [4.69, 9.17) is 27.9 Å². The second-order valence-electron chi connectivity index (χ2n) is 8.31. The number of nitrogens with one attached hydrogen (secondary N) is 2. The molecule has 0 spiro atoms. The van der Waals surface area contributed by atoms with Crippen LogP contribution < -0.4 is 15.5 Å². The fourth-order valence-electron chi connectivity index (χ4n) is 3.26.